The zero-order chi connectivity index (χ0) is 14.9. The predicted molar refractivity (Wildman–Crippen MR) is 88.8 cm³/mol. The average Bonchev–Trinajstić information content (AvgIpc) is 2.36. The second kappa shape index (κ2) is 6.05. The molecule has 0 atom stereocenters. The molecule has 0 saturated carbocycles. The van der Waals surface area contributed by atoms with Gasteiger partial charge >= 0.3 is 0 Å². The number of anilines is 1. The van der Waals surface area contributed by atoms with Crippen LogP contribution in [0.2, 0.25) is 5.02 Å². The second-order valence-electron chi connectivity index (χ2n) is 4.14. The van der Waals surface area contributed by atoms with Crippen LogP contribution in [0.4, 0.5) is 5.69 Å². The van der Waals surface area contributed by atoms with Crippen LogP contribution in [0.15, 0.2) is 50.2 Å². The van der Waals surface area contributed by atoms with Crippen molar-refractivity contribution in [2.45, 2.75) is 11.8 Å². The van der Waals surface area contributed by atoms with Gasteiger partial charge in [-0.25, -0.2) is 8.42 Å². The Kier molecular flexibility index (Phi) is 4.79. The first kappa shape index (κ1) is 15.8. The normalized spacial score (nSPS) is 11.4. The van der Waals surface area contributed by atoms with Gasteiger partial charge in [0.05, 0.1) is 10.6 Å². The first-order chi connectivity index (χ1) is 9.29. The molecule has 0 amide bonds. The summed E-state index contributed by atoms with van der Waals surface area (Å²) < 4.78 is 28.5. The molecule has 2 aromatic carbocycles. The van der Waals surface area contributed by atoms with E-state index in [1.54, 1.807) is 24.3 Å². The maximum atomic E-state index is 12.3. The predicted octanol–water partition coefficient (Wildman–Crippen LogP) is 4.97. The molecule has 0 unspecified atom stereocenters. The number of nitrogens with one attached hydrogen (secondary N) is 1. The first-order valence-electron chi connectivity index (χ1n) is 5.53. The minimum absolute atomic E-state index is 0.185. The van der Waals surface area contributed by atoms with E-state index >= 15 is 0 Å². The number of aryl methyl sites for hydroxylation is 1. The van der Waals surface area contributed by atoms with E-state index in [0.29, 0.717) is 15.2 Å². The Hall–Kier alpha value is -0.560. The Morgan fingerprint density at radius 3 is 2.30 bits per heavy atom. The third-order valence-electron chi connectivity index (χ3n) is 2.62. The fraction of sp³-hybridized carbons (Fsp3) is 0.0769. The summed E-state index contributed by atoms with van der Waals surface area (Å²) in [4.78, 5) is 0.185. The lowest BCUT2D eigenvalue weighted by atomic mass is 10.2. The van der Waals surface area contributed by atoms with E-state index in [-0.39, 0.29) is 4.90 Å². The Morgan fingerprint density at radius 2 is 1.70 bits per heavy atom. The fourth-order valence-corrected chi connectivity index (χ4v) is 3.73. The van der Waals surface area contributed by atoms with Crippen molar-refractivity contribution in [3.63, 3.8) is 0 Å². The van der Waals surface area contributed by atoms with Crippen molar-refractivity contribution >= 4 is 59.2 Å². The highest BCUT2D eigenvalue weighted by Crippen LogP contribution is 2.31. The summed E-state index contributed by atoms with van der Waals surface area (Å²) in [7, 11) is -3.64. The van der Waals surface area contributed by atoms with Crippen LogP contribution in [-0.2, 0) is 10.0 Å². The van der Waals surface area contributed by atoms with Crippen molar-refractivity contribution in [1.82, 2.24) is 0 Å². The van der Waals surface area contributed by atoms with Crippen molar-refractivity contribution < 1.29 is 8.42 Å². The summed E-state index contributed by atoms with van der Waals surface area (Å²) >= 11 is 12.6. The Bertz CT molecular complexity index is 746. The minimum Gasteiger partial charge on any atom is -0.278 e. The van der Waals surface area contributed by atoms with Gasteiger partial charge in [0, 0.05) is 14.0 Å². The number of rotatable bonds is 3. The van der Waals surface area contributed by atoms with Crippen molar-refractivity contribution in [1.29, 1.82) is 0 Å². The molecule has 0 aliphatic heterocycles. The van der Waals surface area contributed by atoms with Crippen LogP contribution in [0.1, 0.15) is 5.56 Å². The summed E-state index contributed by atoms with van der Waals surface area (Å²) in [6.45, 7) is 1.85. The quantitative estimate of drug-likeness (QED) is 0.734. The zero-order valence-electron chi connectivity index (χ0n) is 10.3. The van der Waals surface area contributed by atoms with Gasteiger partial charge in [0.2, 0.25) is 0 Å². The lowest BCUT2D eigenvalue weighted by Crippen LogP contribution is -2.13. The molecular weight excluding hydrogens is 429 g/mol. The van der Waals surface area contributed by atoms with Crippen molar-refractivity contribution in [2.75, 3.05) is 4.72 Å². The number of halogens is 3. The summed E-state index contributed by atoms with van der Waals surface area (Å²) in [5.74, 6) is 0. The van der Waals surface area contributed by atoms with E-state index in [4.69, 9.17) is 11.6 Å². The number of hydrogen-bond donors (Lipinski definition) is 1. The molecule has 0 bridgehead atoms. The summed E-state index contributed by atoms with van der Waals surface area (Å²) in [5, 5.41) is 0.502. The summed E-state index contributed by atoms with van der Waals surface area (Å²) in [6, 6.07) is 9.74. The highest BCUT2D eigenvalue weighted by atomic mass is 79.9. The van der Waals surface area contributed by atoms with Crippen LogP contribution in [0.3, 0.4) is 0 Å². The van der Waals surface area contributed by atoms with Crippen LogP contribution in [0.25, 0.3) is 0 Å². The Morgan fingerprint density at radius 1 is 1.10 bits per heavy atom. The van der Waals surface area contributed by atoms with Gasteiger partial charge in [0.15, 0.2) is 0 Å². The monoisotopic (exact) mass is 437 g/mol. The highest BCUT2D eigenvalue weighted by molar-refractivity contribution is 9.10. The molecule has 106 valence electrons. The average molecular weight is 440 g/mol. The largest absolute Gasteiger partial charge is 0.278 e. The lowest BCUT2D eigenvalue weighted by Gasteiger charge is -2.11. The van der Waals surface area contributed by atoms with Crippen LogP contribution in [0, 0.1) is 6.92 Å². The first-order valence-corrected chi connectivity index (χ1v) is 8.98. The number of hydrogen-bond acceptors (Lipinski definition) is 2. The molecule has 2 aromatic rings. The lowest BCUT2D eigenvalue weighted by molar-refractivity contribution is 0.601. The SMILES string of the molecule is Cc1cc(Br)c(NS(=O)(=O)c2ccc(Br)cc2)cc1Cl. The van der Waals surface area contributed by atoms with E-state index in [9.17, 15) is 8.42 Å². The van der Waals surface area contributed by atoms with E-state index in [1.807, 2.05) is 6.92 Å². The fourth-order valence-electron chi connectivity index (χ4n) is 1.54. The van der Waals surface area contributed by atoms with Gasteiger partial charge in [-0.05, 0) is 64.8 Å². The third-order valence-corrected chi connectivity index (χ3v) is 5.59. The van der Waals surface area contributed by atoms with Crippen LogP contribution in [0.5, 0.6) is 0 Å². The molecule has 1 N–H and O–H groups in total. The standard InChI is InChI=1S/C13H10Br2ClNO2S/c1-8-6-11(15)13(7-12(8)16)17-20(18,19)10-4-2-9(14)3-5-10/h2-7,17H,1H3. The molecule has 0 aliphatic rings. The van der Waals surface area contributed by atoms with Crippen LogP contribution in [-0.4, -0.2) is 8.42 Å². The third kappa shape index (κ3) is 3.55. The minimum atomic E-state index is -3.64. The van der Waals surface area contributed by atoms with Gasteiger partial charge in [0.25, 0.3) is 10.0 Å². The van der Waals surface area contributed by atoms with Crippen LogP contribution >= 0.6 is 43.5 Å². The molecule has 0 aliphatic carbocycles. The molecular formula is C13H10Br2ClNO2S. The zero-order valence-corrected chi connectivity index (χ0v) is 15.1. The topological polar surface area (TPSA) is 46.2 Å². The molecule has 2 rings (SSSR count). The van der Waals surface area contributed by atoms with Crippen molar-refractivity contribution in [3.05, 3.63) is 55.9 Å². The molecule has 0 heterocycles. The molecule has 0 spiro atoms. The summed E-state index contributed by atoms with van der Waals surface area (Å²) in [5.41, 5.74) is 1.27. The van der Waals surface area contributed by atoms with E-state index in [1.165, 1.54) is 12.1 Å². The van der Waals surface area contributed by atoms with Crippen LogP contribution < -0.4 is 4.72 Å². The molecule has 0 saturated heterocycles. The van der Waals surface area contributed by atoms with Gasteiger partial charge in [-0.3, -0.25) is 4.72 Å². The molecule has 7 heteroatoms. The highest BCUT2D eigenvalue weighted by Gasteiger charge is 2.16. The Labute approximate surface area is 139 Å². The van der Waals surface area contributed by atoms with Crippen molar-refractivity contribution in [3.8, 4) is 0 Å². The molecule has 0 aromatic heterocycles. The maximum Gasteiger partial charge on any atom is 0.261 e. The van der Waals surface area contributed by atoms with E-state index in [0.717, 1.165) is 10.0 Å². The second-order valence-corrected chi connectivity index (χ2v) is 8.00. The Balaban J connectivity index is 2.38. The van der Waals surface area contributed by atoms with Gasteiger partial charge < -0.3 is 0 Å². The van der Waals surface area contributed by atoms with Gasteiger partial charge in [-0.1, -0.05) is 27.5 Å². The van der Waals surface area contributed by atoms with Gasteiger partial charge in [0.1, 0.15) is 0 Å². The van der Waals surface area contributed by atoms with E-state index in [2.05, 4.69) is 36.6 Å². The molecule has 20 heavy (non-hydrogen) atoms. The smallest absolute Gasteiger partial charge is 0.261 e. The van der Waals surface area contributed by atoms with Gasteiger partial charge in [-0.15, -0.1) is 0 Å². The maximum absolute atomic E-state index is 12.3. The van der Waals surface area contributed by atoms with Crippen molar-refractivity contribution in [2.24, 2.45) is 0 Å². The molecule has 0 radical (unpaired) electrons. The molecule has 3 nitrogen and oxygen atoms in total. The number of sulfonamides is 1. The summed E-state index contributed by atoms with van der Waals surface area (Å²) in [6.07, 6.45) is 0. The number of benzene rings is 2. The molecule has 0 fully saturated rings. The van der Waals surface area contributed by atoms with E-state index < -0.39 is 10.0 Å². The van der Waals surface area contributed by atoms with Gasteiger partial charge in [-0.2, -0.15) is 0 Å².